The van der Waals surface area contributed by atoms with Crippen LogP contribution in [0.15, 0.2) is 28.8 Å². The summed E-state index contributed by atoms with van der Waals surface area (Å²) in [5, 5.41) is 3.79. The Balaban J connectivity index is 1.89. The number of carbonyl (C=O) groups excluding carboxylic acids is 2. The maximum absolute atomic E-state index is 11.9. The van der Waals surface area contributed by atoms with Crippen molar-refractivity contribution >= 4 is 11.8 Å². The number of hydrogen-bond acceptors (Lipinski definition) is 4. The molecule has 1 aromatic heterocycles. The minimum Gasteiger partial charge on any atom is -0.361 e. The maximum atomic E-state index is 11.9. The maximum Gasteiger partial charge on any atom is 0.269 e. The molecule has 2 amide bonds. The lowest BCUT2D eigenvalue weighted by atomic mass is 10.1. The second-order valence-electron chi connectivity index (χ2n) is 5.03. The van der Waals surface area contributed by atoms with Crippen molar-refractivity contribution in [3.63, 3.8) is 0 Å². The van der Waals surface area contributed by atoms with Crippen molar-refractivity contribution in [2.75, 3.05) is 0 Å². The van der Waals surface area contributed by atoms with Crippen LogP contribution in [0.4, 0.5) is 0 Å². The van der Waals surface area contributed by atoms with Crippen molar-refractivity contribution in [2.45, 2.75) is 33.6 Å². The van der Waals surface area contributed by atoms with Crippen molar-refractivity contribution < 1.29 is 14.1 Å². The molecule has 2 aromatic rings. The van der Waals surface area contributed by atoms with Gasteiger partial charge >= 0.3 is 0 Å². The van der Waals surface area contributed by atoms with Crippen molar-refractivity contribution in [3.05, 3.63) is 52.4 Å². The summed E-state index contributed by atoms with van der Waals surface area (Å²) in [6, 6.07) is 7.24. The highest BCUT2D eigenvalue weighted by molar-refractivity contribution is 5.95. The SMILES string of the molecule is CCc1ccc(C(=O)NNC(=O)Cc2c(C)noc2C)cc1. The van der Waals surface area contributed by atoms with E-state index in [2.05, 4.69) is 16.0 Å². The van der Waals surface area contributed by atoms with Crippen molar-refractivity contribution in [1.29, 1.82) is 0 Å². The van der Waals surface area contributed by atoms with Crippen LogP contribution in [0, 0.1) is 13.8 Å². The number of aryl methyl sites for hydroxylation is 3. The molecule has 0 saturated carbocycles. The van der Waals surface area contributed by atoms with E-state index in [9.17, 15) is 9.59 Å². The first-order valence-corrected chi connectivity index (χ1v) is 7.11. The van der Waals surface area contributed by atoms with Crippen LogP contribution in [-0.2, 0) is 17.6 Å². The van der Waals surface area contributed by atoms with Gasteiger partial charge in [0, 0.05) is 11.1 Å². The fourth-order valence-corrected chi connectivity index (χ4v) is 2.05. The highest BCUT2D eigenvalue weighted by Gasteiger charge is 2.14. The monoisotopic (exact) mass is 301 g/mol. The summed E-state index contributed by atoms with van der Waals surface area (Å²) in [5.41, 5.74) is 7.85. The quantitative estimate of drug-likeness (QED) is 0.844. The zero-order valence-electron chi connectivity index (χ0n) is 12.9. The molecule has 0 saturated heterocycles. The second-order valence-corrected chi connectivity index (χ2v) is 5.03. The van der Waals surface area contributed by atoms with Gasteiger partial charge in [0.25, 0.3) is 5.91 Å². The standard InChI is InChI=1S/C16H19N3O3/c1-4-12-5-7-13(8-6-12)16(21)18-17-15(20)9-14-10(2)19-22-11(14)3/h5-8H,4,9H2,1-3H3,(H,17,20)(H,18,21). The van der Waals surface area contributed by atoms with E-state index in [1.54, 1.807) is 26.0 Å². The molecule has 0 unspecified atom stereocenters. The predicted octanol–water partition coefficient (Wildman–Crippen LogP) is 1.86. The molecular weight excluding hydrogens is 282 g/mol. The van der Waals surface area contributed by atoms with E-state index in [0.717, 1.165) is 17.5 Å². The number of aromatic nitrogens is 1. The molecule has 6 nitrogen and oxygen atoms in total. The van der Waals surface area contributed by atoms with Crippen molar-refractivity contribution in [1.82, 2.24) is 16.0 Å². The Hall–Kier alpha value is -2.63. The van der Waals surface area contributed by atoms with Gasteiger partial charge in [-0.2, -0.15) is 0 Å². The number of rotatable bonds is 4. The molecule has 0 bridgehead atoms. The Bertz CT molecular complexity index is 655. The van der Waals surface area contributed by atoms with E-state index in [4.69, 9.17) is 4.52 Å². The van der Waals surface area contributed by atoms with Gasteiger partial charge in [-0.05, 0) is 38.0 Å². The van der Waals surface area contributed by atoms with Crippen LogP contribution in [0.1, 0.15) is 39.9 Å². The molecule has 22 heavy (non-hydrogen) atoms. The summed E-state index contributed by atoms with van der Waals surface area (Å²) in [5.74, 6) is -0.0724. The summed E-state index contributed by atoms with van der Waals surface area (Å²) < 4.78 is 5.00. The fourth-order valence-electron chi connectivity index (χ4n) is 2.05. The van der Waals surface area contributed by atoms with E-state index in [0.29, 0.717) is 17.0 Å². The number of nitrogens with one attached hydrogen (secondary N) is 2. The summed E-state index contributed by atoms with van der Waals surface area (Å²) in [6.45, 7) is 5.56. The molecule has 1 aromatic carbocycles. The van der Waals surface area contributed by atoms with Crippen LogP contribution in [0.25, 0.3) is 0 Å². The molecule has 1 heterocycles. The molecule has 116 valence electrons. The molecule has 2 rings (SSSR count). The van der Waals surface area contributed by atoms with Gasteiger partial charge in [-0.1, -0.05) is 24.2 Å². The van der Waals surface area contributed by atoms with Crippen LogP contribution in [0.5, 0.6) is 0 Å². The largest absolute Gasteiger partial charge is 0.361 e. The number of nitrogens with zero attached hydrogens (tertiary/aromatic N) is 1. The molecular formula is C16H19N3O3. The van der Waals surface area contributed by atoms with Crippen molar-refractivity contribution in [3.8, 4) is 0 Å². The van der Waals surface area contributed by atoms with Crippen LogP contribution in [0.2, 0.25) is 0 Å². The first-order chi connectivity index (χ1) is 10.5. The van der Waals surface area contributed by atoms with Gasteiger partial charge < -0.3 is 4.52 Å². The Morgan fingerprint density at radius 1 is 1.14 bits per heavy atom. The highest BCUT2D eigenvalue weighted by atomic mass is 16.5. The topological polar surface area (TPSA) is 84.2 Å². The lowest BCUT2D eigenvalue weighted by Gasteiger charge is -2.07. The lowest BCUT2D eigenvalue weighted by Crippen LogP contribution is -2.42. The van der Waals surface area contributed by atoms with E-state index < -0.39 is 0 Å². The van der Waals surface area contributed by atoms with Gasteiger partial charge in [0.1, 0.15) is 5.76 Å². The molecule has 0 aliphatic rings. The smallest absolute Gasteiger partial charge is 0.269 e. The molecule has 0 radical (unpaired) electrons. The Kier molecular flexibility index (Phi) is 4.93. The highest BCUT2D eigenvalue weighted by Crippen LogP contribution is 2.12. The molecule has 0 atom stereocenters. The Labute approximate surface area is 128 Å². The van der Waals surface area contributed by atoms with Gasteiger partial charge in [-0.3, -0.25) is 20.4 Å². The van der Waals surface area contributed by atoms with Crippen LogP contribution >= 0.6 is 0 Å². The molecule has 0 fully saturated rings. The third kappa shape index (κ3) is 3.72. The minimum atomic E-state index is -0.352. The first kappa shape index (κ1) is 15.8. The van der Waals surface area contributed by atoms with Gasteiger partial charge in [-0.15, -0.1) is 0 Å². The summed E-state index contributed by atoms with van der Waals surface area (Å²) in [6.07, 6.45) is 1.02. The molecule has 2 N–H and O–H groups in total. The fraction of sp³-hybridized carbons (Fsp3) is 0.312. The average Bonchev–Trinajstić information content (AvgIpc) is 2.84. The summed E-state index contributed by atoms with van der Waals surface area (Å²) in [4.78, 5) is 23.8. The summed E-state index contributed by atoms with van der Waals surface area (Å²) >= 11 is 0. The van der Waals surface area contributed by atoms with Crippen molar-refractivity contribution in [2.24, 2.45) is 0 Å². The molecule has 0 aliphatic carbocycles. The van der Waals surface area contributed by atoms with Gasteiger partial charge in [0.2, 0.25) is 5.91 Å². The zero-order chi connectivity index (χ0) is 16.1. The second kappa shape index (κ2) is 6.89. The average molecular weight is 301 g/mol. The van der Waals surface area contributed by atoms with Gasteiger partial charge in [0.15, 0.2) is 0 Å². The van der Waals surface area contributed by atoms with E-state index >= 15 is 0 Å². The normalized spacial score (nSPS) is 10.3. The Morgan fingerprint density at radius 2 is 1.82 bits per heavy atom. The zero-order valence-corrected chi connectivity index (χ0v) is 12.9. The van der Waals surface area contributed by atoms with E-state index in [1.807, 2.05) is 19.1 Å². The van der Waals surface area contributed by atoms with Crippen LogP contribution in [0.3, 0.4) is 0 Å². The Morgan fingerprint density at radius 3 is 2.36 bits per heavy atom. The molecule has 6 heteroatoms. The molecule has 0 spiro atoms. The van der Waals surface area contributed by atoms with E-state index in [1.165, 1.54) is 0 Å². The number of hydrazine groups is 1. The minimum absolute atomic E-state index is 0.107. The third-order valence-electron chi connectivity index (χ3n) is 3.46. The lowest BCUT2D eigenvalue weighted by molar-refractivity contribution is -0.121. The van der Waals surface area contributed by atoms with Crippen LogP contribution in [-0.4, -0.2) is 17.0 Å². The first-order valence-electron chi connectivity index (χ1n) is 7.11. The summed E-state index contributed by atoms with van der Waals surface area (Å²) in [7, 11) is 0. The van der Waals surface area contributed by atoms with Gasteiger partial charge in [0.05, 0.1) is 12.1 Å². The number of amides is 2. The van der Waals surface area contributed by atoms with E-state index in [-0.39, 0.29) is 18.2 Å². The number of hydrogen-bond donors (Lipinski definition) is 2. The van der Waals surface area contributed by atoms with Gasteiger partial charge in [-0.25, -0.2) is 0 Å². The number of carbonyl (C=O) groups is 2. The predicted molar refractivity (Wildman–Crippen MR) is 81.1 cm³/mol. The van der Waals surface area contributed by atoms with Crippen LogP contribution < -0.4 is 10.9 Å². The third-order valence-corrected chi connectivity index (χ3v) is 3.46. The number of benzene rings is 1. The molecule has 0 aliphatic heterocycles.